The Morgan fingerprint density at radius 2 is 1.26 bits per heavy atom. The van der Waals surface area contributed by atoms with Gasteiger partial charge in [-0.25, -0.2) is 4.79 Å². The van der Waals surface area contributed by atoms with E-state index in [2.05, 4.69) is 36.0 Å². The van der Waals surface area contributed by atoms with Crippen LogP contribution in [0.2, 0.25) is 0 Å². The number of rotatable bonds is 21. The molecule has 1 N–H and O–H groups in total. The topological polar surface area (TPSA) is 55.4 Å². The lowest BCUT2D eigenvalue weighted by molar-refractivity contribution is -0.155. The van der Waals surface area contributed by atoms with Gasteiger partial charge in [0.1, 0.15) is 0 Å². The number of amides is 1. The molecule has 1 atom stereocenters. The lowest BCUT2D eigenvalue weighted by atomic mass is 9.97. The molecule has 0 aliphatic rings. The molecular weight excluding hydrogens is 386 g/mol. The number of nitrogens with one attached hydrogen (secondary N) is 1. The molecule has 0 saturated heterocycles. The molecule has 1 unspecified atom stereocenters. The van der Waals surface area contributed by atoms with Gasteiger partial charge in [0.25, 0.3) is 5.91 Å². The van der Waals surface area contributed by atoms with E-state index in [9.17, 15) is 9.59 Å². The second-order valence-electron chi connectivity index (χ2n) is 8.63. The molecule has 0 fully saturated rings. The van der Waals surface area contributed by atoms with Gasteiger partial charge >= 0.3 is 5.97 Å². The summed E-state index contributed by atoms with van der Waals surface area (Å²) in [7, 11) is 0. The van der Waals surface area contributed by atoms with Crippen molar-refractivity contribution in [3.8, 4) is 0 Å². The summed E-state index contributed by atoms with van der Waals surface area (Å²) in [6, 6.07) is 0. The van der Waals surface area contributed by atoms with Gasteiger partial charge in [0.05, 0.1) is 0 Å². The summed E-state index contributed by atoms with van der Waals surface area (Å²) in [5.41, 5.74) is 2.23. The zero-order chi connectivity index (χ0) is 23.0. The molecule has 0 rings (SSSR count). The van der Waals surface area contributed by atoms with Crippen molar-refractivity contribution in [1.82, 2.24) is 5.48 Å². The molecule has 0 saturated carbocycles. The summed E-state index contributed by atoms with van der Waals surface area (Å²) >= 11 is 0. The van der Waals surface area contributed by atoms with E-state index in [0.717, 1.165) is 31.8 Å². The maximum absolute atomic E-state index is 12.0. The van der Waals surface area contributed by atoms with Gasteiger partial charge in [-0.05, 0) is 38.5 Å². The molecule has 1 amide bonds. The molecule has 4 heteroatoms. The fourth-order valence-electron chi connectivity index (χ4n) is 3.74. The molecule has 0 aliphatic heterocycles. The third-order valence-electron chi connectivity index (χ3n) is 5.85. The van der Waals surface area contributed by atoms with Crippen LogP contribution >= 0.6 is 0 Å². The maximum Gasteiger partial charge on any atom is 0.355 e. The van der Waals surface area contributed by atoms with E-state index in [1.54, 1.807) is 0 Å². The van der Waals surface area contributed by atoms with Crippen molar-refractivity contribution in [1.29, 1.82) is 0 Å². The first kappa shape index (κ1) is 29.4. The first-order valence-electron chi connectivity index (χ1n) is 12.9. The van der Waals surface area contributed by atoms with Gasteiger partial charge in [-0.1, -0.05) is 110 Å². The SMILES string of the molecule is C=CC(=O)ONC(=O)C(CC)CCCCCCCCCC/C=C\CCCCCCCC. The van der Waals surface area contributed by atoms with Crippen molar-refractivity contribution >= 4 is 11.9 Å². The molecule has 0 aromatic rings. The summed E-state index contributed by atoms with van der Waals surface area (Å²) < 4.78 is 0. The average molecular weight is 436 g/mol. The number of unbranched alkanes of at least 4 members (excludes halogenated alkanes) is 14. The van der Waals surface area contributed by atoms with Crippen LogP contribution in [-0.2, 0) is 14.4 Å². The highest BCUT2D eigenvalue weighted by molar-refractivity contribution is 5.84. The summed E-state index contributed by atoms with van der Waals surface area (Å²) in [4.78, 5) is 27.6. The predicted octanol–water partition coefficient (Wildman–Crippen LogP) is 7.98. The van der Waals surface area contributed by atoms with E-state index in [1.165, 1.54) is 89.9 Å². The van der Waals surface area contributed by atoms with Crippen LogP contribution in [0.15, 0.2) is 24.8 Å². The van der Waals surface area contributed by atoms with E-state index in [4.69, 9.17) is 0 Å². The Kier molecular flexibility index (Phi) is 21.9. The Labute approximate surface area is 192 Å². The molecule has 180 valence electrons. The monoisotopic (exact) mass is 435 g/mol. The fourth-order valence-corrected chi connectivity index (χ4v) is 3.74. The Hall–Kier alpha value is -1.58. The van der Waals surface area contributed by atoms with E-state index in [0.29, 0.717) is 0 Å². The lowest BCUT2D eigenvalue weighted by Gasteiger charge is -2.13. The largest absolute Gasteiger partial charge is 0.355 e. The van der Waals surface area contributed by atoms with Gasteiger partial charge in [-0.15, -0.1) is 0 Å². The number of hydrogen-bond acceptors (Lipinski definition) is 3. The molecule has 0 bridgehead atoms. The van der Waals surface area contributed by atoms with Crippen LogP contribution < -0.4 is 5.48 Å². The molecule has 0 aromatic heterocycles. The van der Waals surface area contributed by atoms with Crippen LogP contribution in [0, 0.1) is 5.92 Å². The van der Waals surface area contributed by atoms with Crippen molar-refractivity contribution in [2.24, 2.45) is 5.92 Å². The highest BCUT2D eigenvalue weighted by Gasteiger charge is 2.16. The third kappa shape index (κ3) is 20.1. The van der Waals surface area contributed by atoms with Crippen molar-refractivity contribution in [2.75, 3.05) is 0 Å². The first-order chi connectivity index (χ1) is 15.2. The zero-order valence-electron chi connectivity index (χ0n) is 20.5. The molecule has 0 aliphatic carbocycles. The molecule has 0 spiro atoms. The van der Waals surface area contributed by atoms with Gasteiger partial charge in [0.2, 0.25) is 0 Å². The molecule has 0 aromatic carbocycles. The highest BCUT2D eigenvalue weighted by atomic mass is 16.7. The van der Waals surface area contributed by atoms with Crippen LogP contribution in [-0.4, -0.2) is 11.9 Å². The second-order valence-corrected chi connectivity index (χ2v) is 8.63. The van der Waals surface area contributed by atoms with Crippen LogP contribution in [0.5, 0.6) is 0 Å². The highest BCUT2D eigenvalue weighted by Crippen LogP contribution is 2.16. The first-order valence-corrected chi connectivity index (χ1v) is 12.9. The number of hydrogen-bond donors (Lipinski definition) is 1. The fraction of sp³-hybridized carbons (Fsp3) is 0.778. The van der Waals surface area contributed by atoms with Crippen molar-refractivity contribution in [2.45, 2.75) is 129 Å². The number of allylic oxidation sites excluding steroid dienone is 2. The summed E-state index contributed by atoms with van der Waals surface area (Å²) in [5, 5.41) is 0. The predicted molar refractivity (Wildman–Crippen MR) is 132 cm³/mol. The number of hydroxylamine groups is 1. The second kappa shape index (κ2) is 23.1. The average Bonchev–Trinajstić information content (AvgIpc) is 2.78. The summed E-state index contributed by atoms with van der Waals surface area (Å²) in [6.07, 6.45) is 28.2. The van der Waals surface area contributed by atoms with Gasteiger partial charge in [0, 0.05) is 12.0 Å². The molecule has 31 heavy (non-hydrogen) atoms. The molecule has 0 radical (unpaired) electrons. The molecule has 0 heterocycles. The zero-order valence-corrected chi connectivity index (χ0v) is 20.5. The smallest absolute Gasteiger partial charge is 0.336 e. The van der Waals surface area contributed by atoms with E-state index in [-0.39, 0.29) is 11.8 Å². The Morgan fingerprint density at radius 1 is 0.774 bits per heavy atom. The lowest BCUT2D eigenvalue weighted by Crippen LogP contribution is -2.32. The van der Waals surface area contributed by atoms with Crippen LogP contribution in [0.3, 0.4) is 0 Å². The van der Waals surface area contributed by atoms with Gasteiger partial charge in [0.15, 0.2) is 0 Å². The minimum atomic E-state index is -0.632. The minimum Gasteiger partial charge on any atom is -0.336 e. The number of carbonyl (C=O) groups is 2. The Balaban J connectivity index is 3.43. The van der Waals surface area contributed by atoms with Gasteiger partial charge in [-0.3, -0.25) is 4.79 Å². The van der Waals surface area contributed by atoms with Crippen molar-refractivity contribution in [3.05, 3.63) is 24.8 Å². The Morgan fingerprint density at radius 3 is 1.74 bits per heavy atom. The summed E-state index contributed by atoms with van der Waals surface area (Å²) in [6.45, 7) is 7.56. The van der Waals surface area contributed by atoms with Gasteiger partial charge in [-0.2, -0.15) is 5.48 Å². The summed E-state index contributed by atoms with van der Waals surface area (Å²) in [5.74, 6) is -0.933. The van der Waals surface area contributed by atoms with E-state index >= 15 is 0 Å². The van der Waals surface area contributed by atoms with Crippen molar-refractivity contribution < 1.29 is 14.4 Å². The van der Waals surface area contributed by atoms with E-state index in [1.807, 2.05) is 6.92 Å². The van der Waals surface area contributed by atoms with Crippen LogP contribution in [0.1, 0.15) is 129 Å². The minimum absolute atomic E-state index is 0.0910. The standard InChI is InChI=1S/C27H49NO3/c1-4-7-8-9-10-11-12-13-14-15-16-17-18-19-20-21-22-23-24-25(5-2)27(30)28-31-26(29)6-3/h6,13-14,25H,3-5,7-12,15-24H2,1-2H3,(H,28,30)/b14-13-. The molecular formula is C27H49NO3. The molecule has 4 nitrogen and oxygen atoms in total. The normalized spacial score (nSPS) is 12.1. The van der Waals surface area contributed by atoms with E-state index < -0.39 is 5.97 Å². The number of carbonyl (C=O) groups excluding carboxylic acids is 2. The van der Waals surface area contributed by atoms with Gasteiger partial charge < -0.3 is 4.84 Å². The van der Waals surface area contributed by atoms with Crippen LogP contribution in [0.25, 0.3) is 0 Å². The quantitative estimate of drug-likeness (QED) is 0.0860. The van der Waals surface area contributed by atoms with Crippen LogP contribution in [0.4, 0.5) is 0 Å². The third-order valence-corrected chi connectivity index (χ3v) is 5.85. The van der Waals surface area contributed by atoms with Crippen molar-refractivity contribution in [3.63, 3.8) is 0 Å². The maximum atomic E-state index is 12.0. The Bertz CT molecular complexity index is 473.